The molecule has 2 fully saturated rings. The van der Waals surface area contributed by atoms with Crippen LogP contribution in [0.4, 0.5) is 0 Å². The van der Waals surface area contributed by atoms with E-state index in [4.69, 9.17) is 4.74 Å². The SMILES string of the molecule is CCO[C@@H]1CC(=O)C12CCCCC2. The van der Waals surface area contributed by atoms with Gasteiger partial charge in [0, 0.05) is 13.0 Å². The molecule has 13 heavy (non-hydrogen) atoms. The van der Waals surface area contributed by atoms with Crippen LogP contribution in [0.1, 0.15) is 45.4 Å². The van der Waals surface area contributed by atoms with Crippen molar-refractivity contribution in [2.45, 2.75) is 51.6 Å². The normalized spacial score (nSPS) is 31.8. The molecule has 1 atom stereocenters. The topological polar surface area (TPSA) is 26.3 Å². The van der Waals surface area contributed by atoms with Crippen molar-refractivity contribution in [3.8, 4) is 0 Å². The van der Waals surface area contributed by atoms with Crippen molar-refractivity contribution in [2.75, 3.05) is 6.61 Å². The zero-order valence-corrected chi connectivity index (χ0v) is 8.34. The van der Waals surface area contributed by atoms with Crippen molar-refractivity contribution in [1.29, 1.82) is 0 Å². The largest absolute Gasteiger partial charge is 0.377 e. The lowest BCUT2D eigenvalue weighted by Gasteiger charge is -2.49. The highest BCUT2D eigenvalue weighted by Crippen LogP contribution is 2.50. The van der Waals surface area contributed by atoms with E-state index in [2.05, 4.69) is 0 Å². The molecule has 0 saturated heterocycles. The summed E-state index contributed by atoms with van der Waals surface area (Å²) in [5.74, 6) is 0.464. The summed E-state index contributed by atoms with van der Waals surface area (Å²) in [6.07, 6.45) is 6.82. The van der Waals surface area contributed by atoms with E-state index >= 15 is 0 Å². The fourth-order valence-corrected chi connectivity index (χ4v) is 2.82. The zero-order chi connectivity index (χ0) is 9.31. The van der Waals surface area contributed by atoms with E-state index in [9.17, 15) is 4.79 Å². The van der Waals surface area contributed by atoms with Gasteiger partial charge < -0.3 is 4.74 Å². The number of carbonyl (C=O) groups is 1. The third-order valence-corrected chi connectivity index (χ3v) is 3.66. The standard InChI is InChI=1S/C11H18O2/c1-2-13-10-8-9(12)11(10)6-4-3-5-7-11/h10H,2-8H2,1H3/t10-/m1/s1. The van der Waals surface area contributed by atoms with Crippen LogP contribution in [-0.4, -0.2) is 18.5 Å². The Morgan fingerprint density at radius 2 is 2.08 bits per heavy atom. The van der Waals surface area contributed by atoms with E-state index in [-0.39, 0.29) is 11.5 Å². The van der Waals surface area contributed by atoms with Gasteiger partial charge in [0.15, 0.2) is 0 Å². The predicted octanol–water partition coefficient (Wildman–Crippen LogP) is 2.31. The van der Waals surface area contributed by atoms with Gasteiger partial charge in [0.1, 0.15) is 5.78 Å². The predicted molar refractivity (Wildman–Crippen MR) is 50.6 cm³/mol. The second kappa shape index (κ2) is 3.41. The third-order valence-electron chi connectivity index (χ3n) is 3.66. The van der Waals surface area contributed by atoms with Gasteiger partial charge in [0.25, 0.3) is 0 Å². The van der Waals surface area contributed by atoms with Crippen molar-refractivity contribution in [3.63, 3.8) is 0 Å². The lowest BCUT2D eigenvalue weighted by Crippen LogP contribution is -2.56. The molecule has 2 aliphatic rings. The minimum absolute atomic E-state index is 0.0335. The lowest BCUT2D eigenvalue weighted by molar-refractivity contribution is -0.168. The van der Waals surface area contributed by atoms with Gasteiger partial charge in [-0.2, -0.15) is 0 Å². The highest BCUT2D eigenvalue weighted by molar-refractivity contribution is 5.92. The second-order valence-electron chi connectivity index (χ2n) is 4.29. The fraction of sp³-hybridized carbons (Fsp3) is 0.909. The summed E-state index contributed by atoms with van der Waals surface area (Å²) in [5.41, 5.74) is -0.0335. The van der Waals surface area contributed by atoms with Crippen molar-refractivity contribution in [2.24, 2.45) is 5.41 Å². The van der Waals surface area contributed by atoms with Crippen molar-refractivity contribution in [1.82, 2.24) is 0 Å². The summed E-state index contributed by atoms with van der Waals surface area (Å²) in [6.45, 7) is 2.76. The van der Waals surface area contributed by atoms with Crippen LogP contribution in [0.3, 0.4) is 0 Å². The van der Waals surface area contributed by atoms with Gasteiger partial charge in [-0.15, -0.1) is 0 Å². The minimum atomic E-state index is -0.0335. The number of ether oxygens (including phenoxy) is 1. The van der Waals surface area contributed by atoms with Crippen molar-refractivity contribution < 1.29 is 9.53 Å². The molecular formula is C11H18O2. The number of hydrogen-bond acceptors (Lipinski definition) is 2. The molecule has 0 heterocycles. The van der Waals surface area contributed by atoms with E-state index in [1.165, 1.54) is 19.3 Å². The van der Waals surface area contributed by atoms with Crippen LogP contribution in [0.25, 0.3) is 0 Å². The molecule has 2 rings (SSSR count). The van der Waals surface area contributed by atoms with Crippen LogP contribution >= 0.6 is 0 Å². The average Bonchev–Trinajstić information content (AvgIpc) is 2.19. The molecule has 0 aromatic carbocycles. The van der Waals surface area contributed by atoms with Crippen LogP contribution in [0.15, 0.2) is 0 Å². The maximum absolute atomic E-state index is 11.6. The Morgan fingerprint density at radius 3 is 2.62 bits per heavy atom. The van der Waals surface area contributed by atoms with Crippen LogP contribution in [0.5, 0.6) is 0 Å². The quantitative estimate of drug-likeness (QED) is 0.655. The maximum atomic E-state index is 11.6. The summed E-state index contributed by atoms with van der Waals surface area (Å²) in [5, 5.41) is 0. The van der Waals surface area contributed by atoms with E-state index in [1.807, 2.05) is 6.92 Å². The Kier molecular flexibility index (Phi) is 2.41. The second-order valence-corrected chi connectivity index (χ2v) is 4.29. The number of rotatable bonds is 2. The molecule has 2 heteroatoms. The summed E-state index contributed by atoms with van der Waals surface area (Å²) in [7, 11) is 0. The van der Waals surface area contributed by atoms with Gasteiger partial charge in [-0.3, -0.25) is 4.79 Å². The first-order valence-corrected chi connectivity index (χ1v) is 5.44. The molecule has 0 bridgehead atoms. The Hall–Kier alpha value is -0.370. The number of ketones is 1. The van der Waals surface area contributed by atoms with Gasteiger partial charge >= 0.3 is 0 Å². The Labute approximate surface area is 79.7 Å². The monoisotopic (exact) mass is 182 g/mol. The molecule has 74 valence electrons. The van der Waals surface area contributed by atoms with E-state index in [0.717, 1.165) is 19.4 Å². The van der Waals surface area contributed by atoms with Crippen LogP contribution in [0.2, 0.25) is 0 Å². The highest BCUT2D eigenvalue weighted by atomic mass is 16.5. The summed E-state index contributed by atoms with van der Waals surface area (Å²) >= 11 is 0. The summed E-state index contributed by atoms with van der Waals surface area (Å²) in [4.78, 5) is 11.6. The molecule has 2 aliphatic carbocycles. The number of carbonyl (C=O) groups excluding carboxylic acids is 1. The van der Waals surface area contributed by atoms with Gasteiger partial charge in [0.05, 0.1) is 11.5 Å². The summed E-state index contributed by atoms with van der Waals surface area (Å²) in [6, 6.07) is 0. The number of Topliss-reactive ketones (excluding diaryl/α,β-unsaturated/α-hetero) is 1. The van der Waals surface area contributed by atoms with E-state index < -0.39 is 0 Å². The highest BCUT2D eigenvalue weighted by Gasteiger charge is 2.55. The van der Waals surface area contributed by atoms with Gasteiger partial charge in [-0.05, 0) is 19.8 Å². The Balaban J connectivity index is 2.04. The Bertz CT molecular complexity index is 204. The van der Waals surface area contributed by atoms with Crippen LogP contribution in [0, 0.1) is 5.41 Å². The summed E-state index contributed by atoms with van der Waals surface area (Å²) < 4.78 is 5.62. The van der Waals surface area contributed by atoms with E-state index in [1.54, 1.807) is 0 Å². The number of hydrogen-bond donors (Lipinski definition) is 0. The molecule has 0 aromatic heterocycles. The smallest absolute Gasteiger partial charge is 0.144 e. The van der Waals surface area contributed by atoms with Crippen LogP contribution in [-0.2, 0) is 9.53 Å². The first-order valence-electron chi connectivity index (χ1n) is 5.44. The van der Waals surface area contributed by atoms with Crippen molar-refractivity contribution >= 4 is 5.78 Å². The average molecular weight is 182 g/mol. The molecule has 0 radical (unpaired) electrons. The fourth-order valence-electron chi connectivity index (χ4n) is 2.82. The third kappa shape index (κ3) is 1.32. The molecule has 0 aliphatic heterocycles. The molecule has 0 aromatic rings. The van der Waals surface area contributed by atoms with Gasteiger partial charge in [-0.25, -0.2) is 0 Å². The molecule has 0 unspecified atom stereocenters. The lowest BCUT2D eigenvalue weighted by atomic mass is 9.57. The molecule has 2 saturated carbocycles. The van der Waals surface area contributed by atoms with Crippen molar-refractivity contribution in [3.05, 3.63) is 0 Å². The maximum Gasteiger partial charge on any atom is 0.144 e. The van der Waals surface area contributed by atoms with Gasteiger partial charge in [0.2, 0.25) is 0 Å². The molecular weight excluding hydrogens is 164 g/mol. The minimum Gasteiger partial charge on any atom is -0.377 e. The van der Waals surface area contributed by atoms with E-state index in [0.29, 0.717) is 12.2 Å². The molecule has 1 spiro atoms. The molecule has 0 N–H and O–H groups in total. The zero-order valence-electron chi connectivity index (χ0n) is 8.34. The molecule has 0 amide bonds. The molecule has 2 nitrogen and oxygen atoms in total. The van der Waals surface area contributed by atoms with Gasteiger partial charge in [-0.1, -0.05) is 19.3 Å². The van der Waals surface area contributed by atoms with Crippen LogP contribution < -0.4 is 0 Å². The first-order chi connectivity index (χ1) is 6.29. The first kappa shape index (κ1) is 9.20. The Morgan fingerprint density at radius 1 is 1.38 bits per heavy atom.